The fourth-order valence-electron chi connectivity index (χ4n) is 2.15. The highest BCUT2D eigenvalue weighted by atomic mass is 32.1. The Balaban J connectivity index is 2.17. The van der Waals surface area contributed by atoms with Gasteiger partial charge in [0.25, 0.3) is 0 Å². The Kier molecular flexibility index (Phi) is 4.48. The Labute approximate surface area is 127 Å². The Morgan fingerprint density at radius 1 is 1.48 bits per heavy atom. The topological polar surface area (TPSA) is 93.4 Å². The number of rotatable bonds is 5. The van der Waals surface area contributed by atoms with Crippen molar-refractivity contribution in [1.82, 2.24) is 4.90 Å². The molecule has 2 rings (SSSR count). The van der Waals surface area contributed by atoms with Crippen molar-refractivity contribution in [2.45, 2.75) is 39.2 Å². The molecule has 1 heterocycles. The number of carboxylic acid groups (broad SMARTS) is 1. The number of nitrogens with zero attached hydrogens (tertiary/aromatic N) is 2. The fraction of sp³-hybridized carbons (Fsp3) is 0.500. The molecule has 0 radical (unpaired) electrons. The summed E-state index contributed by atoms with van der Waals surface area (Å²) in [5.41, 5.74) is 0.833. The molecule has 1 aromatic rings. The lowest BCUT2D eigenvalue weighted by atomic mass is 10.1. The molecular weight excluding hydrogens is 290 g/mol. The van der Waals surface area contributed by atoms with E-state index in [0.29, 0.717) is 17.1 Å². The predicted octanol–water partition coefficient (Wildman–Crippen LogP) is 2.97. The van der Waals surface area contributed by atoms with Crippen molar-refractivity contribution in [2.75, 3.05) is 11.9 Å². The smallest absolute Gasteiger partial charge is 0.338 e. The van der Waals surface area contributed by atoms with Gasteiger partial charge in [-0.2, -0.15) is 5.26 Å². The van der Waals surface area contributed by atoms with Crippen molar-refractivity contribution < 1.29 is 14.7 Å². The molecule has 6 nitrogen and oxygen atoms in total. The highest BCUT2D eigenvalue weighted by Gasteiger charge is 2.33. The minimum absolute atomic E-state index is 0.155. The lowest BCUT2D eigenvalue weighted by molar-refractivity contribution is 0.0697. The van der Waals surface area contributed by atoms with Gasteiger partial charge in [-0.25, -0.2) is 9.59 Å². The molecular formula is C14H17N3O3S. The molecule has 1 aliphatic rings. The molecule has 2 N–H and O–H groups in total. The maximum atomic E-state index is 12.3. The summed E-state index contributed by atoms with van der Waals surface area (Å²) >= 11 is 1.27. The summed E-state index contributed by atoms with van der Waals surface area (Å²) in [6.07, 6.45) is 2.15. The molecule has 0 aromatic carbocycles. The number of carbonyl (C=O) groups excluding carboxylic acids is 1. The number of aromatic carboxylic acids is 1. The Bertz CT molecular complexity index is 614. The molecule has 0 aliphatic heterocycles. The van der Waals surface area contributed by atoms with Gasteiger partial charge in [0.2, 0.25) is 0 Å². The summed E-state index contributed by atoms with van der Waals surface area (Å²) in [4.78, 5) is 26.1. The third-order valence-corrected chi connectivity index (χ3v) is 4.66. The predicted molar refractivity (Wildman–Crippen MR) is 79.7 cm³/mol. The first-order valence-electron chi connectivity index (χ1n) is 6.73. The van der Waals surface area contributed by atoms with Gasteiger partial charge in [-0.15, -0.1) is 11.3 Å². The van der Waals surface area contributed by atoms with E-state index in [9.17, 15) is 14.7 Å². The monoisotopic (exact) mass is 307 g/mol. The summed E-state index contributed by atoms with van der Waals surface area (Å²) in [5.74, 6) is -1.04. The van der Waals surface area contributed by atoms with E-state index >= 15 is 0 Å². The first kappa shape index (κ1) is 15.3. The Morgan fingerprint density at radius 2 is 2.14 bits per heavy atom. The molecule has 1 aliphatic carbocycles. The highest BCUT2D eigenvalue weighted by molar-refractivity contribution is 7.16. The maximum Gasteiger partial charge on any atom is 0.338 e. The van der Waals surface area contributed by atoms with Crippen LogP contribution in [0.1, 0.15) is 40.1 Å². The number of thiophene rings is 1. The number of carboxylic acids is 1. The number of anilines is 1. The minimum Gasteiger partial charge on any atom is -0.478 e. The molecule has 2 amide bonds. The molecule has 0 spiro atoms. The summed E-state index contributed by atoms with van der Waals surface area (Å²) in [7, 11) is 0. The zero-order valence-electron chi connectivity index (χ0n) is 12.0. The van der Waals surface area contributed by atoms with E-state index in [1.807, 2.05) is 13.0 Å². The summed E-state index contributed by atoms with van der Waals surface area (Å²) < 4.78 is 0. The number of nitriles is 1. The Morgan fingerprint density at radius 3 is 2.67 bits per heavy atom. The van der Waals surface area contributed by atoms with E-state index in [-0.39, 0.29) is 24.1 Å². The van der Waals surface area contributed by atoms with Crippen molar-refractivity contribution in [3.8, 4) is 6.07 Å². The van der Waals surface area contributed by atoms with Crippen LogP contribution in [0.4, 0.5) is 9.80 Å². The summed E-state index contributed by atoms with van der Waals surface area (Å²) in [5, 5.41) is 21.0. The van der Waals surface area contributed by atoms with Gasteiger partial charge in [0.05, 0.1) is 18.1 Å². The lowest BCUT2D eigenvalue weighted by Crippen LogP contribution is -2.37. The van der Waals surface area contributed by atoms with Crippen molar-refractivity contribution >= 4 is 28.3 Å². The second kappa shape index (κ2) is 6.14. The van der Waals surface area contributed by atoms with Gasteiger partial charge in [0.15, 0.2) is 0 Å². The molecule has 21 heavy (non-hydrogen) atoms. The van der Waals surface area contributed by atoms with Crippen molar-refractivity contribution in [2.24, 2.45) is 0 Å². The van der Waals surface area contributed by atoms with Gasteiger partial charge in [-0.1, -0.05) is 0 Å². The molecule has 1 saturated carbocycles. The van der Waals surface area contributed by atoms with E-state index in [1.54, 1.807) is 11.8 Å². The zero-order chi connectivity index (χ0) is 15.6. The first-order valence-corrected chi connectivity index (χ1v) is 7.55. The highest BCUT2D eigenvalue weighted by Crippen LogP contribution is 2.34. The number of urea groups is 1. The molecule has 1 fully saturated rings. The molecule has 7 heteroatoms. The normalized spacial score (nSPS) is 13.6. The molecule has 112 valence electrons. The van der Waals surface area contributed by atoms with Gasteiger partial charge >= 0.3 is 12.0 Å². The SMILES string of the molecule is Cc1sc(NC(=O)N(CCC#N)C2CC2)c(C(=O)O)c1C. The van der Waals surface area contributed by atoms with Crippen LogP contribution in [0, 0.1) is 25.2 Å². The number of aryl methyl sites for hydroxylation is 1. The van der Waals surface area contributed by atoms with Crippen molar-refractivity contribution in [3.63, 3.8) is 0 Å². The first-order chi connectivity index (χ1) is 9.95. The van der Waals surface area contributed by atoms with Crippen LogP contribution < -0.4 is 5.32 Å². The van der Waals surface area contributed by atoms with E-state index in [1.165, 1.54) is 11.3 Å². The van der Waals surface area contributed by atoms with Crippen LogP contribution >= 0.6 is 11.3 Å². The van der Waals surface area contributed by atoms with Gasteiger partial charge in [-0.05, 0) is 32.3 Å². The van der Waals surface area contributed by atoms with Crippen LogP contribution in [-0.2, 0) is 0 Å². The minimum atomic E-state index is -1.04. The second-order valence-electron chi connectivity index (χ2n) is 5.06. The number of hydrogen-bond acceptors (Lipinski definition) is 4. The average Bonchev–Trinajstić information content (AvgIpc) is 3.18. The average molecular weight is 307 g/mol. The van der Waals surface area contributed by atoms with Crippen LogP contribution in [0.3, 0.4) is 0 Å². The largest absolute Gasteiger partial charge is 0.478 e. The van der Waals surface area contributed by atoms with E-state index in [0.717, 1.165) is 17.7 Å². The molecule has 0 atom stereocenters. The van der Waals surface area contributed by atoms with Crippen LogP contribution in [0.2, 0.25) is 0 Å². The fourth-order valence-corrected chi connectivity index (χ4v) is 3.19. The van der Waals surface area contributed by atoms with Crippen molar-refractivity contribution in [1.29, 1.82) is 5.26 Å². The number of amides is 2. The Hall–Kier alpha value is -2.07. The van der Waals surface area contributed by atoms with Gasteiger partial charge < -0.3 is 10.0 Å². The number of carbonyl (C=O) groups is 2. The van der Waals surface area contributed by atoms with Crippen molar-refractivity contribution in [3.05, 3.63) is 16.0 Å². The van der Waals surface area contributed by atoms with Crippen LogP contribution in [-0.4, -0.2) is 34.6 Å². The van der Waals surface area contributed by atoms with E-state index < -0.39 is 5.97 Å². The lowest BCUT2D eigenvalue weighted by Gasteiger charge is -2.21. The molecule has 1 aromatic heterocycles. The van der Waals surface area contributed by atoms with Crippen LogP contribution in [0.25, 0.3) is 0 Å². The van der Waals surface area contributed by atoms with Crippen LogP contribution in [0.5, 0.6) is 0 Å². The second-order valence-corrected chi connectivity index (χ2v) is 6.28. The molecule has 0 unspecified atom stereocenters. The van der Waals surface area contributed by atoms with Gasteiger partial charge in [0.1, 0.15) is 5.00 Å². The molecule has 0 saturated heterocycles. The quantitative estimate of drug-likeness (QED) is 0.874. The van der Waals surface area contributed by atoms with E-state index in [2.05, 4.69) is 5.32 Å². The summed E-state index contributed by atoms with van der Waals surface area (Å²) in [6.45, 7) is 3.94. The van der Waals surface area contributed by atoms with Gasteiger partial charge in [0, 0.05) is 17.5 Å². The zero-order valence-corrected chi connectivity index (χ0v) is 12.8. The molecule has 0 bridgehead atoms. The maximum absolute atomic E-state index is 12.3. The third kappa shape index (κ3) is 3.34. The number of hydrogen-bond donors (Lipinski definition) is 2. The standard InChI is InChI=1S/C14H17N3O3S/c1-8-9(2)21-12(11(8)13(18)19)16-14(20)17(7-3-6-15)10-4-5-10/h10H,3-5,7H2,1-2H3,(H,16,20)(H,18,19). The summed E-state index contributed by atoms with van der Waals surface area (Å²) in [6, 6.07) is 1.88. The van der Waals surface area contributed by atoms with Crippen LogP contribution in [0.15, 0.2) is 0 Å². The third-order valence-electron chi connectivity index (χ3n) is 3.53. The number of nitrogens with one attached hydrogen (secondary N) is 1. The van der Waals surface area contributed by atoms with Gasteiger partial charge in [-0.3, -0.25) is 5.32 Å². The van der Waals surface area contributed by atoms with E-state index in [4.69, 9.17) is 5.26 Å².